The fourth-order valence-corrected chi connectivity index (χ4v) is 3.78. The van der Waals surface area contributed by atoms with Crippen molar-refractivity contribution >= 4 is 33.7 Å². The molecule has 0 spiro atoms. The normalized spacial score (nSPS) is 24.5. The van der Waals surface area contributed by atoms with E-state index in [2.05, 4.69) is 0 Å². The second kappa shape index (κ2) is 8.03. The van der Waals surface area contributed by atoms with Gasteiger partial charge in [-0.2, -0.15) is 0 Å². The first-order valence-electron chi connectivity index (χ1n) is 6.22. The van der Waals surface area contributed by atoms with E-state index in [1.807, 2.05) is 6.92 Å². The number of hydrogen-bond donors (Lipinski definition) is 3. The summed E-state index contributed by atoms with van der Waals surface area (Å²) in [6.45, 7) is 1.86. The summed E-state index contributed by atoms with van der Waals surface area (Å²) in [4.78, 5) is 0. The summed E-state index contributed by atoms with van der Waals surface area (Å²) >= 11 is 3.16. The quantitative estimate of drug-likeness (QED) is 0.530. The first kappa shape index (κ1) is 14.9. The molecular weight excluding hydrogens is 250 g/mol. The minimum Gasteiger partial charge on any atom is -0.379 e. The standard InChI is InChI=1S/C12H23N3S2/c1-9(13)16-7-6-10-2-4-11(5-3-10)8-17-12(14)15/h10-11,13H,2-8H2,1H3,(H3,14,15)/t10-,11-. The molecule has 1 aliphatic rings. The van der Waals surface area contributed by atoms with Crippen LogP contribution in [0.1, 0.15) is 39.0 Å². The molecule has 1 rings (SSSR count). The minimum atomic E-state index is 0.255. The molecule has 0 bridgehead atoms. The average molecular weight is 273 g/mol. The molecule has 1 saturated carbocycles. The van der Waals surface area contributed by atoms with Gasteiger partial charge in [0, 0.05) is 5.75 Å². The van der Waals surface area contributed by atoms with E-state index in [1.54, 1.807) is 11.8 Å². The third-order valence-corrected chi connectivity index (χ3v) is 5.11. The Morgan fingerprint density at radius 3 is 2.24 bits per heavy atom. The molecule has 3 nitrogen and oxygen atoms in total. The number of rotatable bonds is 5. The van der Waals surface area contributed by atoms with Crippen molar-refractivity contribution in [3.63, 3.8) is 0 Å². The van der Waals surface area contributed by atoms with Crippen LogP contribution >= 0.6 is 23.5 Å². The summed E-state index contributed by atoms with van der Waals surface area (Å²) in [6, 6.07) is 0. The Bertz CT molecular complexity index is 260. The number of nitrogens with two attached hydrogens (primary N) is 1. The Kier molecular flexibility index (Phi) is 7.04. The van der Waals surface area contributed by atoms with Gasteiger partial charge in [-0.15, -0.1) is 11.8 Å². The zero-order valence-electron chi connectivity index (χ0n) is 10.5. The minimum absolute atomic E-state index is 0.255. The highest BCUT2D eigenvalue weighted by Crippen LogP contribution is 2.33. The predicted molar refractivity (Wildman–Crippen MR) is 80.3 cm³/mol. The molecule has 0 unspecified atom stereocenters. The number of thioether (sulfide) groups is 2. The maximum Gasteiger partial charge on any atom is 0.151 e. The van der Waals surface area contributed by atoms with Crippen molar-refractivity contribution in [1.82, 2.24) is 0 Å². The molecule has 0 aromatic carbocycles. The van der Waals surface area contributed by atoms with Gasteiger partial charge < -0.3 is 5.73 Å². The van der Waals surface area contributed by atoms with Crippen LogP contribution in [0.2, 0.25) is 0 Å². The number of nitrogens with one attached hydrogen (secondary N) is 2. The molecule has 0 aromatic rings. The summed E-state index contributed by atoms with van der Waals surface area (Å²) in [5.74, 6) is 3.75. The van der Waals surface area contributed by atoms with Crippen molar-refractivity contribution in [2.24, 2.45) is 17.6 Å². The van der Waals surface area contributed by atoms with Gasteiger partial charge in [0.15, 0.2) is 5.17 Å². The first-order chi connectivity index (χ1) is 8.08. The summed E-state index contributed by atoms with van der Waals surface area (Å²) in [7, 11) is 0. The third-order valence-electron chi connectivity index (χ3n) is 3.29. The van der Waals surface area contributed by atoms with Crippen LogP contribution in [0.3, 0.4) is 0 Å². The molecule has 5 heteroatoms. The third kappa shape index (κ3) is 6.99. The molecule has 1 aliphatic carbocycles. The van der Waals surface area contributed by atoms with Gasteiger partial charge in [0.25, 0.3) is 0 Å². The van der Waals surface area contributed by atoms with Gasteiger partial charge in [0.05, 0.1) is 5.04 Å². The molecule has 0 saturated heterocycles. The van der Waals surface area contributed by atoms with Crippen LogP contribution in [0.15, 0.2) is 0 Å². The summed E-state index contributed by atoms with van der Waals surface area (Å²) in [6.07, 6.45) is 6.48. The molecule has 17 heavy (non-hydrogen) atoms. The van der Waals surface area contributed by atoms with E-state index in [1.165, 1.54) is 43.9 Å². The molecule has 0 atom stereocenters. The van der Waals surface area contributed by atoms with Crippen molar-refractivity contribution in [2.75, 3.05) is 11.5 Å². The van der Waals surface area contributed by atoms with Crippen LogP contribution in [-0.4, -0.2) is 21.7 Å². The van der Waals surface area contributed by atoms with Gasteiger partial charge >= 0.3 is 0 Å². The van der Waals surface area contributed by atoms with Crippen LogP contribution in [0.5, 0.6) is 0 Å². The highest BCUT2D eigenvalue weighted by molar-refractivity contribution is 8.13. The largest absolute Gasteiger partial charge is 0.379 e. The number of hydrogen-bond acceptors (Lipinski definition) is 4. The van der Waals surface area contributed by atoms with E-state index in [-0.39, 0.29) is 5.17 Å². The highest BCUT2D eigenvalue weighted by atomic mass is 32.2. The molecule has 0 radical (unpaired) electrons. The Morgan fingerprint density at radius 1 is 1.12 bits per heavy atom. The summed E-state index contributed by atoms with van der Waals surface area (Å²) in [5, 5.41) is 15.6. The van der Waals surface area contributed by atoms with Crippen LogP contribution in [-0.2, 0) is 0 Å². The van der Waals surface area contributed by atoms with E-state index in [0.717, 1.165) is 28.4 Å². The molecule has 0 aliphatic heterocycles. The highest BCUT2D eigenvalue weighted by Gasteiger charge is 2.21. The predicted octanol–water partition coefficient (Wildman–Crippen LogP) is 3.54. The second-order valence-corrected chi connectivity index (χ2v) is 7.13. The number of amidine groups is 1. The molecule has 0 heterocycles. The van der Waals surface area contributed by atoms with Crippen molar-refractivity contribution in [3.8, 4) is 0 Å². The van der Waals surface area contributed by atoms with Gasteiger partial charge in [-0.05, 0) is 43.8 Å². The first-order valence-corrected chi connectivity index (χ1v) is 8.19. The lowest BCUT2D eigenvalue weighted by Gasteiger charge is -2.28. The van der Waals surface area contributed by atoms with E-state index in [4.69, 9.17) is 16.6 Å². The Hall–Kier alpha value is -0.160. The smallest absolute Gasteiger partial charge is 0.151 e. The lowest BCUT2D eigenvalue weighted by atomic mass is 9.82. The van der Waals surface area contributed by atoms with Crippen molar-refractivity contribution in [3.05, 3.63) is 0 Å². The van der Waals surface area contributed by atoms with Gasteiger partial charge in [-0.25, -0.2) is 0 Å². The average Bonchev–Trinajstić information content (AvgIpc) is 2.27. The van der Waals surface area contributed by atoms with Crippen molar-refractivity contribution in [1.29, 1.82) is 10.8 Å². The summed E-state index contributed by atoms with van der Waals surface area (Å²) < 4.78 is 0. The molecule has 1 fully saturated rings. The van der Waals surface area contributed by atoms with Gasteiger partial charge in [0.1, 0.15) is 0 Å². The lowest BCUT2D eigenvalue weighted by molar-refractivity contribution is 0.289. The second-order valence-electron chi connectivity index (χ2n) is 4.76. The molecular formula is C12H23N3S2. The fraction of sp³-hybridized carbons (Fsp3) is 0.833. The Labute approximate surface area is 113 Å². The SMILES string of the molecule is CC(=N)SCC[C@H]1CC[C@H](CSC(=N)N)CC1. The lowest BCUT2D eigenvalue weighted by Crippen LogP contribution is -2.18. The van der Waals surface area contributed by atoms with Gasteiger partial charge in [0.2, 0.25) is 0 Å². The van der Waals surface area contributed by atoms with Crippen molar-refractivity contribution in [2.45, 2.75) is 39.0 Å². The van der Waals surface area contributed by atoms with E-state index < -0.39 is 0 Å². The molecule has 4 N–H and O–H groups in total. The maximum absolute atomic E-state index is 7.37. The van der Waals surface area contributed by atoms with Crippen LogP contribution in [0.4, 0.5) is 0 Å². The monoisotopic (exact) mass is 273 g/mol. The molecule has 98 valence electrons. The zero-order chi connectivity index (χ0) is 12.7. The van der Waals surface area contributed by atoms with Crippen molar-refractivity contribution < 1.29 is 0 Å². The Morgan fingerprint density at radius 2 is 1.71 bits per heavy atom. The zero-order valence-corrected chi connectivity index (χ0v) is 12.1. The van der Waals surface area contributed by atoms with Crippen LogP contribution in [0, 0.1) is 22.7 Å². The molecule has 0 amide bonds. The van der Waals surface area contributed by atoms with E-state index in [0.29, 0.717) is 0 Å². The fourth-order valence-electron chi connectivity index (χ4n) is 2.27. The maximum atomic E-state index is 7.37. The van der Waals surface area contributed by atoms with Gasteiger partial charge in [-0.3, -0.25) is 10.8 Å². The van der Waals surface area contributed by atoms with E-state index in [9.17, 15) is 0 Å². The van der Waals surface area contributed by atoms with Crippen LogP contribution < -0.4 is 5.73 Å². The van der Waals surface area contributed by atoms with E-state index >= 15 is 0 Å². The van der Waals surface area contributed by atoms with Gasteiger partial charge in [-0.1, -0.05) is 24.6 Å². The van der Waals surface area contributed by atoms with Crippen LogP contribution in [0.25, 0.3) is 0 Å². The Balaban J connectivity index is 2.08. The molecule has 0 aromatic heterocycles. The summed E-state index contributed by atoms with van der Waals surface area (Å²) in [5.41, 5.74) is 5.35. The topological polar surface area (TPSA) is 73.7 Å².